The lowest BCUT2D eigenvalue weighted by molar-refractivity contribution is -0.121. The minimum atomic E-state index is -0.895. The largest absolute Gasteiger partial charge is 0.323 e. The molecule has 1 unspecified atom stereocenters. The van der Waals surface area contributed by atoms with Crippen molar-refractivity contribution in [2.45, 2.75) is 45.1 Å². The van der Waals surface area contributed by atoms with Gasteiger partial charge in [-0.2, -0.15) is 0 Å². The first-order valence-corrected chi connectivity index (χ1v) is 7.29. The third-order valence-electron chi connectivity index (χ3n) is 3.51. The Bertz CT molecular complexity index is 521. The predicted molar refractivity (Wildman–Crippen MR) is 81.7 cm³/mol. The normalized spacial score (nSPS) is 16.9. The molecular weight excluding hydrogens is 268 g/mol. The smallest absolute Gasteiger partial charge is 0.244 e. The molecule has 0 spiro atoms. The van der Waals surface area contributed by atoms with E-state index in [1.54, 1.807) is 19.1 Å². The molecule has 1 aliphatic rings. The van der Waals surface area contributed by atoms with Crippen LogP contribution in [-0.4, -0.2) is 22.3 Å². The first-order valence-electron chi connectivity index (χ1n) is 7.29. The Morgan fingerprint density at radius 3 is 2.62 bits per heavy atom. The number of carbonyl (C=O) groups is 2. The molecule has 1 atom stereocenters. The molecule has 6 nitrogen and oxygen atoms in total. The first kappa shape index (κ1) is 15.4. The zero-order valence-corrected chi connectivity index (χ0v) is 12.5. The minimum absolute atomic E-state index is 0.0109. The standard InChI is InChI=1S/C15H22N4O2/c1-3-8-15(2,16)14(21)18-11-6-7-12(17-9-11)19-13(20)10-4-5-10/h6-7,9-10H,3-5,8,16H2,1-2H3,(H,18,21)(H,17,19,20). The number of hydrogen-bond donors (Lipinski definition) is 3. The van der Waals surface area contributed by atoms with Crippen LogP contribution in [0.2, 0.25) is 0 Å². The van der Waals surface area contributed by atoms with Crippen LogP contribution in [0.5, 0.6) is 0 Å². The van der Waals surface area contributed by atoms with E-state index in [9.17, 15) is 9.59 Å². The Kier molecular flexibility index (Phi) is 4.57. The molecule has 1 heterocycles. The molecule has 0 aliphatic heterocycles. The van der Waals surface area contributed by atoms with Gasteiger partial charge < -0.3 is 16.4 Å². The number of carbonyl (C=O) groups excluding carboxylic acids is 2. The molecule has 1 aromatic rings. The van der Waals surface area contributed by atoms with Crippen LogP contribution in [0.4, 0.5) is 11.5 Å². The van der Waals surface area contributed by atoms with Gasteiger partial charge >= 0.3 is 0 Å². The summed E-state index contributed by atoms with van der Waals surface area (Å²) in [7, 11) is 0. The summed E-state index contributed by atoms with van der Waals surface area (Å²) in [6.45, 7) is 3.70. The Hall–Kier alpha value is -1.95. The molecule has 1 aromatic heterocycles. The van der Waals surface area contributed by atoms with Gasteiger partial charge in [0.25, 0.3) is 0 Å². The quantitative estimate of drug-likeness (QED) is 0.745. The first-order chi connectivity index (χ1) is 9.92. The van der Waals surface area contributed by atoms with Gasteiger partial charge in [0.1, 0.15) is 5.82 Å². The van der Waals surface area contributed by atoms with Crippen molar-refractivity contribution in [2.24, 2.45) is 11.7 Å². The molecule has 21 heavy (non-hydrogen) atoms. The van der Waals surface area contributed by atoms with E-state index in [0.29, 0.717) is 17.9 Å². The van der Waals surface area contributed by atoms with Crippen LogP contribution < -0.4 is 16.4 Å². The number of pyridine rings is 1. The number of nitrogens with zero attached hydrogens (tertiary/aromatic N) is 1. The third-order valence-corrected chi connectivity index (χ3v) is 3.51. The van der Waals surface area contributed by atoms with Crippen LogP contribution in [0.15, 0.2) is 18.3 Å². The fourth-order valence-corrected chi connectivity index (χ4v) is 2.02. The van der Waals surface area contributed by atoms with Crippen molar-refractivity contribution in [3.8, 4) is 0 Å². The Labute approximate surface area is 124 Å². The van der Waals surface area contributed by atoms with Crippen LogP contribution >= 0.6 is 0 Å². The summed E-state index contributed by atoms with van der Waals surface area (Å²) in [5.41, 5.74) is 5.64. The molecule has 2 amide bonds. The average molecular weight is 290 g/mol. The van der Waals surface area contributed by atoms with Gasteiger partial charge in [0.05, 0.1) is 17.4 Å². The molecule has 4 N–H and O–H groups in total. The SMILES string of the molecule is CCCC(C)(N)C(=O)Nc1ccc(NC(=O)C2CC2)nc1. The van der Waals surface area contributed by atoms with E-state index < -0.39 is 5.54 Å². The zero-order valence-electron chi connectivity index (χ0n) is 12.5. The van der Waals surface area contributed by atoms with Gasteiger partial charge in [-0.25, -0.2) is 4.98 Å². The summed E-state index contributed by atoms with van der Waals surface area (Å²) in [4.78, 5) is 27.8. The van der Waals surface area contributed by atoms with Gasteiger partial charge in [0, 0.05) is 5.92 Å². The van der Waals surface area contributed by atoms with Crippen LogP contribution in [0.3, 0.4) is 0 Å². The Balaban J connectivity index is 1.92. The number of nitrogens with one attached hydrogen (secondary N) is 2. The fraction of sp³-hybridized carbons (Fsp3) is 0.533. The maximum absolute atomic E-state index is 12.1. The van der Waals surface area contributed by atoms with Crippen LogP contribution in [-0.2, 0) is 9.59 Å². The van der Waals surface area contributed by atoms with Crippen LogP contribution in [0, 0.1) is 5.92 Å². The van der Waals surface area contributed by atoms with E-state index in [1.807, 2.05) is 6.92 Å². The predicted octanol–water partition coefficient (Wildman–Crippen LogP) is 1.89. The van der Waals surface area contributed by atoms with E-state index >= 15 is 0 Å². The monoisotopic (exact) mass is 290 g/mol. The third kappa shape index (κ3) is 4.26. The molecule has 1 saturated carbocycles. The van der Waals surface area contributed by atoms with Gasteiger partial charge in [-0.1, -0.05) is 13.3 Å². The molecule has 0 saturated heterocycles. The number of anilines is 2. The minimum Gasteiger partial charge on any atom is -0.323 e. The lowest BCUT2D eigenvalue weighted by Gasteiger charge is -2.22. The molecule has 0 aromatic carbocycles. The second kappa shape index (κ2) is 6.22. The maximum Gasteiger partial charge on any atom is 0.244 e. The molecule has 1 aliphatic carbocycles. The fourth-order valence-electron chi connectivity index (χ4n) is 2.02. The molecule has 1 fully saturated rings. The molecule has 114 valence electrons. The van der Waals surface area contributed by atoms with Crippen molar-refractivity contribution in [2.75, 3.05) is 10.6 Å². The van der Waals surface area contributed by atoms with E-state index in [-0.39, 0.29) is 17.7 Å². The molecule has 2 rings (SSSR count). The Morgan fingerprint density at radius 1 is 1.38 bits per heavy atom. The van der Waals surface area contributed by atoms with Gasteiger partial charge in [-0.05, 0) is 38.3 Å². The van der Waals surface area contributed by atoms with Crippen LogP contribution in [0.25, 0.3) is 0 Å². The van der Waals surface area contributed by atoms with E-state index in [0.717, 1.165) is 19.3 Å². The van der Waals surface area contributed by atoms with Crippen molar-refractivity contribution >= 4 is 23.3 Å². The van der Waals surface area contributed by atoms with Gasteiger partial charge in [0.15, 0.2) is 0 Å². The summed E-state index contributed by atoms with van der Waals surface area (Å²) in [5.74, 6) is 0.407. The zero-order chi connectivity index (χ0) is 15.5. The topological polar surface area (TPSA) is 97.1 Å². The van der Waals surface area contributed by atoms with E-state index in [2.05, 4.69) is 15.6 Å². The Morgan fingerprint density at radius 2 is 2.10 bits per heavy atom. The van der Waals surface area contributed by atoms with Crippen molar-refractivity contribution in [3.63, 3.8) is 0 Å². The highest BCUT2D eigenvalue weighted by Crippen LogP contribution is 2.30. The molecular formula is C15H22N4O2. The summed E-state index contributed by atoms with van der Waals surface area (Å²) in [5, 5.41) is 5.49. The highest BCUT2D eigenvalue weighted by atomic mass is 16.2. The highest BCUT2D eigenvalue weighted by molar-refractivity contribution is 5.98. The van der Waals surface area contributed by atoms with E-state index in [4.69, 9.17) is 5.73 Å². The lowest BCUT2D eigenvalue weighted by atomic mass is 9.96. The second-order valence-corrected chi connectivity index (χ2v) is 5.82. The summed E-state index contributed by atoms with van der Waals surface area (Å²) >= 11 is 0. The maximum atomic E-state index is 12.1. The van der Waals surface area contributed by atoms with Crippen LogP contribution in [0.1, 0.15) is 39.5 Å². The van der Waals surface area contributed by atoms with Crippen molar-refractivity contribution in [1.82, 2.24) is 4.98 Å². The van der Waals surface area contributed by atoms with Gasteiger partial charge in [0.2, 0.25) is 11.8 Å². The molecule has 6 heteroatoms. The van der Waals surface area contributed by atoms with Crippen molar-refractivity contribution < 1.29 is 9.59 Å². The average Bonchev–Trinajstić information content (AvgIpc) is 3.25. The van der Waals surface area contributed by atoms with E-state index in [1.165, 1.54) is 6.20 Å². The number of nitrogens with two attached hydrogens (primary N) is 1. The van der Waals surface area contributed by atoms with Crippen molar-refractivity contribution in [1.29, 1.82) is 0 Å². The van der Waals surface area contributed by atoms with Crippen molar-refractivity contribution in [3.05, 3.63) is 18.3 Å². The molecule has 0 radical (unpaired) electrons. The number of hydrogen-bond acceptors (Lipinski definition) is 4. The number of aromatic nitrogens is 1. The molecule has 0 bridgehead atoms. The summed E-state index contributed by atoms with van der Waals surface area (Å²) < 4.78 is 0. The lowest BCUT2D eigenvalue weighted by Crippen LogP contribution is -2.48. The summed E-state index contributed by atoms with van der Waals surface area (Å²) in [6, 6.07) is 3.37. The van der Waals surface area contributed by atoms with Gasteiger partial charge in [-0.3, -0.25) is 9.59 Å². The number of rotatable bonds is 6. The summed E-state index contributed by atoms with van der Waals surface area (Å²) in [6.07, 6.45) is 4.87. The second-order valence-electron chi connectivity index (χ2n) is 5.82. The van der Waals surface area contributed by atoms with Gasteiger partial charge in [-0.15, -0.1) is 0 Å². The number of amides is 2. The highest BCUT2D eigenvalue weighted by Gasteiger charge is 2.30.